The van der Waals surface area contributed by atoms with Crippen molar-refractivity contribution in [1.29, 1.82) is 0 Å². The number of urea groups is 1. The molecule has 3 aliphatic rings. The maximum absolute atomic E-state index is 14.9. The zero-order valence-electron chi connectivity index (χ0n) is 31.4. The van der Waals surface area contributed by atoms with Crippen molar-refractivity contribution >= 4 is 45.2 Å². The van der Waals surface area contributed by atoms with Gasteiger partial charge in [-0.25, -0.2) is 17.5 Å². The number of hydrogen-bond acceptors (Lipinski definition) is 9. The van der Waals surface area contributed by atoms with E-state index >= 15 is 0 Å². The van der Waals surface area contributed by atoms with Crippen LogP contribution < -0.4 is 10.6 Å². The number of aryl methyl sites for hydroxylation is 1. The molecule has 3 aromatic carbocycles. The number of aromatic nitrogens is 2. The Labute approximate surface area is 335 Å². The summed E-state index contributed by atoms with van der Waals surface area (Å²) in [4.78, 5) is 45.6. The van der Waals surface area contributed by atoms with Crippen LogP contribution in [0.15, 0.2) is 79.0 Å². The van der Waals surface area contributed by atoms with Crippen LogP contribution in [0.1, 0.15) is 35.6 Å². The van der Waals surface area contributed by atoms with E-state index in [0.29, 0.717) is 65.0 Å². The predicted molar refractivity (Wildman–Crippen MR) is 211 cm³/mol. The summed E-state index contributed by atoms with van der Waals surface area (Å²) in [6.45, 7) is 1.46. The molecule has 4 amide bonds. The minimum absolute atomic E-state index is 0.0211. The van der Waals surface area contributed by atoms with Crippen LogP contribution in [0.3, 0.4) is 0 Å². The van der Waals surface area contributed by atoms with Crippen LogP contribution in [0.5, 0.6) is 5.75 Å². The first-order valence-corrected chi connectivity index (χ1v) is 20.6. The monoisotopic (exact) mass is 815 g/mol. The van der Waals surface area contributed by atoms with Gasteiger partial charge in [-0.1, -0.05) is 53.8 Å². The molecule has 4 aromatic rings. The molecule has 17 heteroatoms. The lowest BCUT2D eigenvalue weighted by Crippen LogP contribution is -2.61. The Morgan fingerprint density at radius 3 is 2.37 bits per heavy atom. The lowest BCUT2D eigenvalue weighted by atomic mass is 9.96. The molecule has 57 heavy (non-hydrogen) atoms. The zero-order chi connectivity index (χ0) is 40.3. The summed E-state index contributed by atoms with van der Waals surface area (Å²) >= 11 is 6.18. The second kappa shape index (κ2) is 16.6. The molecule has 298 valence electrons. The summed E-state index contributed by atoms with van der Waals surface area (Å²) < 4.78 is 39.5. The van der Waals surface area contributed by atoms with Gasteiger partial charge in [-0.2, -0.15) is 5.10 Å². The van der Waals surface area contributed by atoms with Gasteiger partial charge in [-0.15, -0.1) is 0 Å². The van der Waals surface area contributed by atoms with E-state index in [1.807, 2.05) is 0 Å². The average Bonchev–Trinajstić information content (AvgIpc) is 3.77. The van der Waals surface area contributed by atoms with Gasteiger partial charge >= 0.3 is 6.03 Å². The number of nitrogens with zero attached hydrogens (tertiary/aromatic N) is 5. The van der Waals surface area contributed by atoms with Crippen molar-refractivity contribution < 1.29 is 37.4 Å². The van der Waals surface area contributed by atoms with Crippen molar-refractivity contribution in [1.82, 2.24) is 29.2 Å². The number of carbonyl (C=O) groups excluding carboxylic acids is 3. The van der Waals surface area contributed by atoms with Gasteiger partial charge in [-0.3, -0.25) is 19.2 Å². The van der Waals surface area contributed by atoms with Crippen molar-refractivity contribution in [3.8, 4) is 28.8 Å². The Bertz CT molecular complexity index is 2310. The fraction of sp³-hybridized carbons (Fsp3) is 0.350. The predicted octanol–water partition coefficient (Wildman–Crippen LogP) is 3.55. The number of morpholine rings is 1. The molecule has 7 rings (SSSR count). The van der Waals surface area contributed by atoms with Crippen LogP contribution in [0, 0.1) is 11.8 Å². The molecule has 3 aliphatic heterocycles. The number of sulfonamides is 1. The van der Waals surface area contributed by atoms with Crippen LogP contribution in [0.2, 0.25) is 5.02 Å². The van der Waals surface area contributed by atoms with Gasteiger partial charge in [0.15, 0.2) is 0 Å². The first kappa shape index (κ1) is 39.8. The molecule has 0 aliphatic carbocycles. The number of phenolic OH excluding ortho intramolecular Hbond substituents is 1. The molecule has 0 radical (unpaired) electrons. The summed E-state index contributed by atoms with van der Waals surface area (Å²) in [5.41, 5.74) is 1.79. The molecule has 0 saturated carbocycles. The van der Waals surface area contributed by atoms with E-state index < -0.39 is 45.7 Å². The van der Waals surface area contributed by atoms with Gasteiger partial charge in [0.1, 0.15) is 29.3 Å². The van der Waals surface area contributed by atoms with Gasteiger partial charge in [0.05, 0.1) is 31.6 Å². The molecule has 1 spiro atoms. The molecular weight excluding hydrogens is 774 g/mol. The maximum Gasteiger partial charge on any atom is 0.318 e. The molecule has 3 fully saturated rings. The third-order valence-corrected chi connectivity index (χ3v) is 11.8. The van der Waals surface area contributed by atoms with Crippen LogP contribution in [0.4, 0.5) is 10.5 Å². The first-order valence-electron chi connectivity index (χ1n) is 18.4. The third kappa shape index (κ3) is 8.78. The third-order valence-electron chi connectivity index (χ3n) is 10.3. The Morgan fingerprint density at radius 2 is 1.68 bits per heavy atom. The number of aromatic hydroxyl groups is 1. The van der Waals surface area contributed by atoms with E-state index in [1.165, 1.54) is 15.3 Å². The van der Waals surface area contributed by atoms with Crippen LogP contribution in [0.25, 0.3) is 11.3 Å². The Kier molecular flexibility index (Phi) is 11.6. The highest BCUT2D eigenvalue weighted by molar-refractivity contribution is 7.88. The Balaban J connectivity index is 1.13. The molecule has 1 aromatic heterocycles. The number of piperidine rings is 1. The molecule has 15 nitrogen and oxygen atoms in total. The fourth-order valence-electron chi connectivity index (χ4n) is 7.29. The van der Waals surface area contributed by atoms with Gasteiger partial charge < -0.3 is 30.1 Å². The highest BCUT2D eigenvalue weighted by Gasteiger charge is 2.55. The second-order valence-corrected chi connectivity index (χ2v) is 16.5. The smallest absolute Gasteiger partial charge is 0.318 e. The fourth-order valence-corrected chi connectivity index (χ4v) is 8.31. The van der Waals surface area contributed by atoms with Gasteiger partial charge in [0, 0.05) is 74.1 Å². The SMILES string of the molecule is Cn1cc(C#Cc2ccc(NC(=O)[C@@H]3COC4(CCN(S(C)(=O)=O)CC4)N3C(=O)[C@H](NC(=O)N3CCOCC3)c3ccccc3)cc2)c(-c2cc(Cl)ccc2O)n1. The topological polar surface area (TPSA) is 176 Å². The molecule has 3 N–H and O–H groups in total. The minimum atomic E-state index is -3.52. The number of benzene rings is 3. The highest BCUT2D eigenvalue weighted by Crippen LogP contribution is 2.40. The largest absolute Gasteiger partial charge is 0.507 e. The van der Waals surface area contributed by atoms with Gasteiger partial charge in [0.2, 0.25) is 15.9 Å². The van der Waals surface area contributed by atoms with E-state index in [2.05, 4.69) is 27.6 Å². The quantitative estimate of drug-likeness (QED) is 0.236. The van der Waals surface area contributed by atoms with E-state index in [4.69, 9.17) is 21.1 Å². The Hall–Kier alpha value is -5.44. The van der Waals surface area contributed by atoms with Crippen molar-refractivity contribution in [2.45, 2.75) is 30.7 Å². The Morgan fingerprint density at radius 1 is 0.982 bits per heavy atom. The van der Waals surface area contributed by atoms with Gasteiger partial charge in [-0.05, 0) is 48.0 Å². The lowest BCUT2D eigenvalue weighted by Gasteiger charge is -2.45. The van der Waals surface area contributed by atoms with Crippen molar-refractivity contribution in [3.05, 3.63) is 101 Å². The summed E-state index contributed by atoms with van der Waals surface area (Å²) in [7, 11) is -1.76. The lowest BCUT2D eigenvalue weighted by molar-refractivity contribution is -0.162. The number of phenols is 1. The maximum atomic E-state index is 14.9. The zero-order valence-corrected chi connectivity index (χ0v) is 32.9. The van der Waals surface area contributed by atoms with E-state index in [9.17, 15) is 27.9 Å². The minimum Gasteiger partial charge on any atom is -0.507 e. The second-order valence-electron chi connectivity index (χ2n) is 14.1. The number of anilines is 1. The number of carbonyl (C=O) groups is 3. The van der Waals surface area contributed by atoms with E-state index in [1.54, 1.807) is 89.6 Å². The number of nitrogens with one attached hydrogen (secondary N) is 2. The first-order chi connectivity index (χ1) is 27.3. The number of halogens is 1. The van der Waals surface area contributed by atoms with Crippen molar-refractivity contribution in [3.63, 3.8) is 0 Å². The molecule has 4 heterocycles. The molecule has 0 bridgehead atoms. The molecule has 0 unspecified atom stereocenters. The van der Waals surface area contributed by atoms with E-state index in [-0.39, 0.29) is 38.3 Å². The van der Waals surface area contributed by atoms with Crippen molar-refractivity contribution in [2.24, 2.45) is 7.05 Å². The number of ether oxygens (including phenoxy) is 2. The summed E-state index contributed by atoms with van der Waals surface area (Å²) in [6, 6.07) is 17.6. The van der Waals surface area contributed by atoms with Gasteiger partial charge in [0.25, 0.3) is 5.91 Å². The summed E-state index contributed by atoms with van der Waals surface area (Å²) in [5.74, 6) is 5.16. The normalized spacial score (nSPS) is 18.8. The van der Waals surface area contributed by atoms with Crippen LogP contribution in [-0.4, -0.2) is 119 Å². The van der Waals surface area contributed by atoms with Crippen LogP contribution in [-0.2, 0) is 36.1 Å². The number of amides is 4. The van der Waals surface area contributed by atoms with Crippen LogP contribution >= 0.6 is 11.6 Å². The molecule has 2 atom stereocenters. The standard InChI is InChI=1S/C40H42ClN7O8S/c1-45-25-29(35(44-45)32-24-30(41)12-15-34(32)49)11-8-27-9-13-31(14-10-27)42-37(50)33-26-56-40(16-18-47(19-17-40)57(2,53)54)48(33)38(51)36(28-6-4-3-5-7-28)43-39(52)46-20-22-55-23-21-46/h3-7,9-10,12-15,24-25,33,36,49H,16-23,26H2,1-2H3,(H,42,50)(H,43,52)/t33-,36+/m0/s1. The van der Waals surface area contributed by atoms with Crippen molar-refractivity contribution in [2.75, 3.05) is 57.6 Å². The highest BCUT2D eigenvalue weighted by atomic mass is 35.5. The number of hydrogen-bond donors (Lipinski definition) is 3. The average molecular weight is 816 g/mol. The number of rotatable bonds is 7. The summed E-state index contributed by atoms with van der Waals surface area (Å²) in [6.07, 6.45) is 3.11. The van der Waals surface area contributed by atoms with E-state index in [0.717, 1.165) is 6.26 Å². The molecule has 3 saturated heterocycles. The molecular formula is C40H42ClN7O8S. The summed E-state index contributed by atoms with van der Waals surface area (Å²) in [5, 5.41) is 21.2.